The van der Waals surface area contributed by atoms with E-state index in [9.17, 15) is 8.42 Å². The molecule has 0 aliphatic rings. The Balaban J connectivity index is 1.62. The van der Waals surface area contributed by atoms with E-state index in [1.807, 2.05) is 25.1 Å². The molecule has 3 rings (SSSR count). The van der Waals surface area contributed by atoms with Crippen LogP contribution in [0.5, 0.6) is 0 Å². The molecule has 0 bridgehead atoms. The maximum absolute atomic E-state index is 12.5. The second kappa shape index (κ2) is 8.24. The molecule has 0 fully saturated rings. The van der Waals surface area contributed by atoms with Crippen LogP contribution in [0, 0.1) is 6.92 Å². The summed E-state index contributed by atoms with van der Waals surface area (Å²) in [6, 6.07) is 17.2. The fourth-order valence-corrected chi connectivity index (χ4v) is 3.69. The SMILES string of the molecule is Cc1ccccc1NS(=O)(=O)c1ccc(NC(=S)NCc2ccco2)cc1. The monoisotopic (exact) mass is 401 g/mol. The summed E-state index contributed by atoms with van der Waals surface area (Å²) in [4.78, 5) is 0.172. The van der Waals surface area contributed by atoms with Gasteiger partial charge in [-0.05, 0) is 67.2 Å². The molecule has 8 heteroatoms. The summed E-state index contributed by atoms with van der Waals surface area (Å²) in [5.41, 5.74) is 2.09. The van der Waals surface area contributed by atoms with Crippen molar-refractivity contribution in [2.75, 3.05) is 10.0 Å². The molecule has 0 aliphatic carbocycles. The number of aryl methyl sites for hydroxylation is 1. The van der Waals surface area contributed by atoms with Crippen LogP contribution in [0.1, 0.15) is 11.3 Å². The zero-order chi connectivity index (χ0) is 19.3. The van der Waals surface area contributed by atoms with E-state index in [2.05, 4.69) is 15.4 Å². The molecule has 27 heavy (non-hydrogen) atoms. The first kappa shape index (κ1) is 18.9. The molecule has 6 nitrogen and oxygen atoms in total. The molecule has 0 unspecified atom stereocenters. The van der Waals surface area contributed by atoms with Crippen LogP contribution in [0.4, 0.5) is 11.4 Å². The van der Waals surface area contributed by atoms with Crippen LogP contribution < -0.4 is 15.4 Å². The third-order valence-corrected chi connectivity index (χ3v) is 5.44. The number of furan rings is 1. The third kappa shape index (κ3) is 5.08. The van der Waals surface area contributed by atoms with E-state index in [0.717, 1.165) is 11.3 Å². The molecule has 0 radical (unpaired) electrons. The summed E-state index contributed by atoms with van der Waals surface area (Å²) in [6.45, 7) is 2.31. The van der Waals surface area contributed by atoms with E-state index in [1.165, 1.54) is 12.1 Å². The van der Waals surface area contributed by atoms with E-state index in [1.54, 1.807) is 36.6 Å². The highest BCUT2D eigenvalue weighted by Gasteiger charge is 2.15. The van der Waals surface area contributed by atoms with Gasteiger partial charge in [0, 0.05) is 5.69 Å². The minimum atomic E-state index is -3.66. The molecular formula is C19H19N3O3S2. The highest BCUT2D eigenvalue weighted by atomic mass is 32.2. The molecule has 1 heterocycles. The van der Waals surface area contributed by atoms with Crippen LogP contribution in [0.2, 0.25) is 0 Å². The maximum atomic E-state index is 12.5. The standard InChI is InChI=1S/C19H19N3O3S2/c1-14-5-2-3-7-18(14)22-27(23,24)17-10-8-15(9-11-17)21-19(26)20-13-16-6-4-12-25-16/h2-12,22H,13H2,1H3,(H2,20,21,26). The lowest BCUT2D eigenvalue weighted by atomic mass is 10.2. The van der Waals surface area contributed by atoms with Crippen molar-refractivity contribution in [3.8, 4) is 0 Å². The summed E-state index contributed by atoms with van der Waals surface area (Å²) in [5.74, 6) is 0.767. The highest BCUT2D eigenvalue weighted by Crippen LogP contribution is 2.20. The van der Waals surface area contributed by atoms with Gasteiger partial charge in [-0.1, -0.05) is 18.2 Å². The van der Waals surface area contributed by atoms with Crippen LogP contribution in [-0.4, -0.2) is 13.5 Å². The van der Waals surface area contributed by atoms with Gasteiger partial charge in [-0.2, -0.15) is 0 Å². The Hall–Kier alpha value is -2.84. The molecule has 0 saturated carbocycles. The molecule has 0 atom stereocenters. The predicted molar refractivity (Wildman–Crippen MR) is 110 cm³/mol. The van der Waals surface area contributed by atoms with Crippen molar-refractivity contribution >= 4 is 38.7 Å². The molecule has 0 saturated heterocycles. The highest BCUT2D eigenvalue weighted by molar-refractivity contribution is 7.92. The van der Waals surface area contributed by atoms with Gasteiger partial charge in [-0.25, -0.2) is 8.42 Å². The number of rotatable bonds is 6. The van der Waals surface area contributed by atoms with E-state index in [4.69, 9.17) is 16.6 Å². The first-order chi connectivity index (χ1) is 12.9. The third-order valence-electron chi connectivity index (χ3n) is 3.82. The summed E-state index contributed by atoms with van der Waals surface area (Å²) >= 11 is 5.22. The number of sulfonamides is 1. The van der Waals surface area contributed by atoms with E-state index < -0.39 is 10.0 Å². The van der Waals surface area contributed by atoms with Gasteiger partial charge in [0.2, 0.25) is 0 Å². The van der Waals surface area contributed by atoms with Crippen LogP contribution >= 0.6 is 12.2 Å². The second-order valence-corrected chi connectivity index (χ2v) is 7.92. The lowest BCUT2D eigenvalue weighted by Gasteiger charge is -2.12. The Morgan fingerprint density at radius 3 is 2.44 bits per heavy atom. The van der Waals surface area contributed by atoms with Gasteiger partial charge in [0.25, 0.3) is 10.0 Å². The van der Waals surface area contributed by atoms with Crippen molar-refractivity contribution in [2.24, 2.45) is 0 Å². The quantitative estimate of drug-likeness (QED) is 0.544. The van der Waals surface area contributed by atoms with Crippen LogP contribution in [-0.2, 0) is 16.6 Å². The number of thiocarbonyl (C=S) groups is 1. The molecule has 140 valence electrons. The van der Waals surface area contributed by atoms with Gasteiger partial charge < -0.3 is 15.1 Å². The van der Waals surface area contributed by atoms with Gasteiger partial charge in [0.1, 0.15) is 5.76 Å². The first-order valence-corrected chi connectivity index (χ1v) is 10.1. The fourth-order valence-electron chi connectivity index (χ4n) is 2.36. The summed E-state index contributed by atoms with van der Waals surface area (Å²) in [7, 11) is -3.66. The normalized spacial score (nSPS) is 11.0. The number of hydrogen-bond acceptors (Lipinski definition) is 4. The molecule has 2 aromatic carbocycles. The van der Waals surface area contributed by atoms with Gasteiger partial charge in [-0.3, -0.25) is 4.72 Å². The topological polar surface area (TPSA) is 83.4 Å². The van der Waals surface area contributed by atoms with E-state index in [0.29, 0.717) is 23.0 Å². The smallest absolute Gasteiger partial charge is 0.261 e. The number of nitrogens with one attached hydrogen (secondary N) is 3. The van der Waals surface area contributed by atoms with E-state index >= 15 is 0 Å². The minimum absolute atomic E-state index is 0.172. The lowest BCUT2D eigenvalue weighted by molar-refractivity contribution is 0.503. The van der Waals surface area contributed by atoms with Gasteiger partial charge in [0.05, 0.1) is 23.4 Å². The molecule has 3 N–H and O–H groups in total. The molecule has 0 amide bonds. The number of anilines is 2. The molecule has 1 aromatic heterocycles. The Kier molecular flexibility index (Phi) is 5.78. The van der Waals surface area contributed by atoms with Crippen molar-refractivity contribution in [1.82, 2.24) is 5.32 Å². The van der Waals surface area contributed by atoms with E-state index in [-0.39, 0.29) is 4.90 Å². The molecule has 3 aromatic rings. The Morgan fingerprint density at radius 1 is 1.04 bits per heavy atom. The fraction of sp³-hybridized carbons (Fsp3) is 0.105. The van der Waals surface area contributed by atoms with Crippen LogP contribution in [0.15, 0.2) is 76.2 Å². The van der Waals surface area contributed by atoms with Crippen molar-refractivity contribution in [1.29, 1.82) is 0 Å². The summed E-state index contributed by atoms with van der Waals surface area (Å²) < 4.78 is 32.9. The minimum Gasteiger partial charge on any atom is -0.467 e. The summed E-state index contributed by atoms with van der Waals surface area (Å²) in [5, 5.41) is 6.44. The molecular weight excluding hydrogens is 382 g/mol. The molecule has 0 aliphatic heterocycles. The predicted octanol–water partition coefficient (Wildman–Crippen LogP) is 3.88. The summed E-state index contributed by atoms with van der Waals surface area (Å²) in [6.07, 6.45) is 1.59. The van der Waals surface area contributed by atoms with Crippen molar-refractivity contribution in [3.05, 3.63) is 78.3 Å². The Labute approximate surface area is 163 Å². The second-order valence-electron chi connectivity index (χ2n) is 5.83. The number of hydrogen-bond donors (Lipinski definition) is 3. The Morgan fingerprint density at radius 2 is 1.78 bits per heavy atom. The van der Waals surface area contributed by atoms with Gasteiger partial charge in [0.15, 0.2) is 5.11 Å². The maximum Gasteiger partial charge on any atom is 0.261 e. The van der Waals surface area contributed by atoms with Crippen LogP contribution in [0.3, 0.4) is 0 Å². The van der Waals surface area contributed by atoms with Crippen molar-refractivity contribution in [3.63, 3.8) is 0 Å². The zero-order valence-electron chi connectivity index (χ0n) is 14.6. The van der Waals surface area contributed by atoms with Crippen molar-refractivity contribution in [2.45, 2.75) is 18.4 Å². The number of para-hydroxylation sites is 1. The van der Waals surface area contributed by atoms with Crippen LogP contribution in [0.25, 0.3) is 0 Å². The average molecular weight is 402 g/mol. The average Bonchev–Trinajstić information content (AvgIpc) is 3.16. The zero-order valence-corrected chi connectivity index (χ0v) is 16.2. The van der Waals surface area contributed by atoms with Gasteiger partial charge in [-0.15, -0.1) is 0 Å². The lowest BCUT2D eigenvalue weighted by Crippen LogP contribution is -2.27. The first-order valence-electron chi connectivity index (χ1n) is 8.20. The molecule has 0 spiro atoms. The van der Waals surface area contributed by atoms with Gasteiger partial charge >= 0.3 is 0 Å². The van der Waals surface area contributed by atoms with Crippen molar-refractivity contribution < 1.29 is 12.8 Å². The Bertz CT molecular complexity index is 1010. The number of benzene rings is 2. The largest absolute Gasteiger partial charge is 0.467 e.